The Morgan fingerprint density at radius 2 is 2.29 bits per heavy atom. The summed E-state index contributed by atoms with van der Waals surface area (Å²) in [6, 6.07) is 10.0. The van der Waals surface area contributed by atoms with Gasteiger partial charge in [-0.05, 0) is 19.1 Å². The molecule has 0 atom stereocenters. The molecule has 0 aliphatic heterocycles. The van der Waals surface area contributed by atoms with E-state index in [0.29, 0.717) is 5.57 Å². The first kappa shape index (κ1) is 8.92. The summed E-state index contributed by atoms with van der Waals surface area (Å²) in [5, 5.41) is 9.66. The van der Waals surface area contributed by atoms with Gasteiger partial charge in [0.1, 0.15) is 11.1 Å². The van der Waals surface area contributed by atoms with Crippen LogP contribution in [0.3, 0.4) is 0 Å². The number of hydrogen-bond donors (Lipinski definition) is 0. The van der Waals surface area contributed by atoms with Crippen LogP contribution in [0.2, 0.25) is 0 Å². The molecule has 68 valence electrons. The van der Waals surface area contributed by atoms with Gasteiger partial charge in [0, 0.05) is 0 Å². The fourth-order valence-electron chi connectivity index (χ4n) is 1.22. The van der Waals surface area contributed by atoms with Gasteiger partial charge in [-0.25, -0.2) is 4.98 Å². The van der Waals surface area contributed by atoms with Gasteiger partial charge in [0.15, 0.2) is 0 Å². The minimum Gasteiger partial charge on any atom is -0.235 e. The van der Waals surface area contributed by atoms with E-state index in [0.717, 1.165) is 15.2 Å². The first-order chi connectivity index (χ1) is 6.85. The van der Waals surface area contributed by atoms with Crippen molar-refractivity contribution in [3.63, 3.8) is 0 Å². The molecule has 1 aromatic heterocycles. The molecule has 2 aromatic rings. The molecule has 0 saturated heterocycles. The fraction of sp³-hybridized carbons (Fsp3) is 0.0909. The van der Waals surface area contributed by atoms with Crippen molar-refractivity contribution in [2.75, 3.05) is 0 Å². The average molecular weight is 200 g/mol. The number of rotatable bonds is 1. The second-order valence-electron chi connectivity index (χ2n) is 2.80. The van der Waals surface area contributed by atoms with Crippen molar-refractivity contribution in [3.8, 4) is 6.07 Å². The van der Waals surface area contributed by atoms with Crippen LogP contribution >= 0.6 is 11.3 Å². The normalized spacial score (nSPS) is 11.6. The molecule has 1 heterocycles. The molecule has 0 aliphatic carbocycles. The maximum atomic E-state index is 8.85. The van der Waals surface area contributed by atoms with Gasteiger partial charge in [-0.2, -0.15) is 5.26 Å². The van der Waals surface area contributed by atoms with Crippen LogP contribution in [0.4, 0.5) is 0 Å². The van der Waals surface area contributed by atoms with Crippen molar-refractivity contribution >= 4 is 27.1 Å². The number of thiazole rings is 1. The molecule has 0 spiro atoms. The Hall–Kier alpha value is -1.66. The van der Waals surface area contributed by atoms with Crippen LogP contribution in [0.5, 0.6) is 0 Å². The minimum atomic E-state index is 0.645. The third kappa shape index (κ3) is 1.40. The lowest BCUT2D eigenvalue weighted by Gasteiger charge is -1.86. The first-order valence-electron chi connectivity index (χ1n) is 4.27. The molecule has 0 fully saturated rings. The predicted molar refractivity (Wildman–Crippen MR) is 58.9 cm³/mol. The van der Waals surface area contributed by atoms with Gasteiger partial charge in [0.2, 0.25) is 0 Å². The number of hydrogen-bond acceptors (Lipinski definition) is 3. The summed E-state index contributed by atoms with van der Waals surface area (Å²) in [5.74, 6) is 0. The zero-order chi connectivity index (χ0) is 9.97. The maximum Gasteiger partial charge on any atom is 0.134 e. The van der Waals surface area contributed by atoms with E-state index >= 15 is 0 Å². The van der Waals surface area contributed by atoms with Crippen molar-refractivity contribution in [1.29, 1.82) is 5.26 Å². The van der Waals surface area contributed by atoms with Gasteiger partial charge in [-0.3, -0.25) is 0 Å². The van der Waals surface area contributed by atoms with Crippen molar-refractivity contribution < 1.29 is 0 Å². The summed E-state index contributed by atoms with van der Waals surface area (Å²) in [5.41, 5.74) is 1.60. The minimum absolute atomic E-state index is 0.645. The average Bonchev–Trinajstić information content (AvgIpc) is 2.63. The van der Waals surface area contributed by atoms with E-state index in [1.54, 1.807) is 17.4 Å². The summed E-state index contributed by atoms with van der Waals surface area (Å²) in [6.07, 6.45) is 1.79. The van der Waals surface area contributed by atoms with Gasteiger partial charge in [0.25, 0.3) is 0 Å². The third-order valence-electron chi connectivity index (χ3n) is 1.93. The molecule has 0 aliphatic rings. The largest absolute Gasteiger partial charge is 0.235 e. The quantitative estimate of drug-likeness (QED) is 0.663. The standard InChI is InChI=1S/C11H8N2S/c1-2-8(7-12)11-13-9-5-3-4-6-10(9)14-11/h2-6H,1H3/b8-2+. The molecule has 0 unspecified atom stereocenters. The zero-order valence-electron chi connectivity index (χ0n) is 7.69. The smallest absolute Gasteiger partial charge is 0.134 e. The molecule has 14 heavy (non-hydrogen) atoms. The van der Waals surface area contributed by atoms with Gasteiger partial charge in [0.05, 0.1) is 15.8 Å². The zero-order valence-corrected chi connectivity index (χ0v) is 8.51. The van der Waals surface area contributed by atoms with E-state index in [4.69, 9.17) is 5.26 Å². The van der Waals surface area contributed by atoms with E-state index in [9.17, 15) is 0 Å². The second kappa shape index (κ2) is 3.60. The van der Waals surface area contributed by atoms with Crippen LogP contribution in [-0.2, 0) is 0 Å². The van der Waals surface area contributed by atoms with Crippen molar-refractivity contribution in [3.05, 3.63) is 35.3 Å². The molecule has 3 heteroatoms. The van der Waals surface area contributed by atoms with Crippen LogP contribution in [-0.4, -0.2) is 4.98 Å². The first-order valence-corrected chi connectivity index (χ1v) is 5.09. The van der Waals surface area contributed by atoms with Crippen LogP contribution in [0, 0.1) is 11.3 Å². The van der Waals surface area contributed by atoms with Crippen molar-refractivity contribution in [2.24, 2.45) is 0 Å². The predicted octanol–water partition coefficient (Wildman–Crippen LogP) is 3.22. The Bertz CT molecular complexity index is 498. The van der Waals surface area contributed by atoms with Gasteiger partial charge in [-0.1, -0.05) is 18.2 Å². The number of para-hydroxylation sites is 1. The highest BCUT2D eigenvalue weighted by Crippen LogP contribution is 2.26. The number of allylic oxidation sites excluding steroid dienone is 2. The highest BCUT2D eigenvalue weighted by atomic mass is 32.1. The monoisotopic (exact) mass is 200 g/mol. The lowest BCUT2D eigenvalue weighted by molar-refractivity contribution is 1.43. The molecule has 0 N–H and O–H groups in total. The number of nitriles is 1. The molecule has 0 bridgehead atoms. The summed E-state index contributed by atoms with van der Waals surface area (Å²) in [6.45, 7) is 1.85. The lowest BCUT2D eigenvalue weighted by Crippen LogP contribution is -1.76. The summed E-state index contributed by atoms with van der Waals surface area (Å²) in [4.78, 5) is 4.38. The molecular weight excluding hydrogens is 192 g/mol. The lowest BCUT2D eigenvalue weighted by atomic mass is 10.3. The fourth-order valence-corrected chi connectivity index (χ4v) is 2.21. The van der Waals surface area contributed by atoms with Crippen LogP contribution in [0.15, 0.2) is 30.3 Å². The van der Waals surface area contributed by atoms with Gasteiger partial charge in [-0.15, -0.1) is 11.3 Å². The third-order valence-corrected chi connectivity index (χ3v) is 3.00. The topological polar surface area (TPSA) is 36.7 Å². The van der Waals surface area contributed by atoms with Gasteiger partial charge >= 0.3 is 0 Å². The highest BCUT2D eigenvalue weighted by molar-refractivity contribution is 7.19. The SMILES string of the molecule is C/C=C(\C#N)c1nc2ccccc2s1. The Kier molecular flexibility index (Phi) is 2.30. The number of aromatic nitrogens is 1. The molecule has 0 radical (unpaired) electrons. The summed E-state index contributed by atoms with van der Waals surface area (Å²) >= 11 is 1.55. The molecule has 2 nitrogen and oxygen atoms in total. The highest BCUT2D eigenvalue weighted by Gasteiger charge is 2.06. The number of nitrogens with zero attached hydrogens (tertiary/aromatic N) is 2. The van der Waals surface area contributed by atoms with E-state index in [1.807, 2.05) is 31.2 Å². The molecule has 2 rings (SSSR count). The molecule has 0 saturated carbocycles. The Morgan fingerprint density at radius 3 is 2.93 bits per heavy atom. The summed E-state index contributed by atoms with van der Waals surface area (Å²) < 4.78 is 1.12. The second-order valence-corrected chi connectivity index (χ2v) is 3.83. The van der Waals surface area contributed by atoms with Crippen LogP contribution in [0.25, 0.3) is 15.8 Å². The molecular formula is C11H8N2S. The van der Waals surface area contributed by atoms with Gasteiger partial charge < -0.3 is 0 Å². The van der Waals surface area contributed by atoms with Crippen molar-refractivity contribution in [1.82, 2.24) is 4.98 Å². The van der Waals surface area contributed by atoms with Crippen LogP contribution < -0.4 is 0 Å². The Balaban J connectivity index is 2.62. The summed E-state index contributed by atoms with van der Waals surface area (Å²) in [7, 11) is 0. The molecule has 0 amide bonds. The Morgan fingerprint density at radius 1 is 1.50 bits per heavy atom. The van der Waals surface area contributed by atoms with E-state index in [1.165, 1.54) is 0 Å². The van der Waals surface area contributed by atoms with E-state index in [-0.39, 0.29) is 0 Å². The number of benzene rings is 1. The number of fused-ring (bicyclic) bond motifs is 1. The molecule has 1 aromatic carbocycles. The van der Waals surface area contributed by atoms with Crippen molar-refractivity contribution in [2.45, 2.75) is 6.92 Å². The van der Waals surface area contributed by atoms with Crippen LogP contribution in [0.1, 0.15) is 11.9 Å². The Labute approximate surface area is 86.1 Å². The van der Waals surface area contributed by atoms with E-state index in [2.05, 4.69) is 11.1 Å². The maximum absolute atomic E-state index is 8.85. The van der Waals surface area contributed by atoms with E-state index < -0.39 is 0 Å².